The maximum Gasteiger partial charge on any atom is 0.307 e. The fourth-order valence-electron chi connectivity index (χ4n) is 3.23. The van der Waals surface area contributed by atoms with E-state index in [9.17, 15) is 13.2 Å². The van der Waals surface area contributed by atoms with E-state index in [0.29, 0.717) is 11.2 Å². The molecule has 1 aromatic carbocycles. The van der Waals surface area contributed by atoms with Crippen LogP contribution in [0.5, 0.6) is 0 Å². The zero-order valence-electron chi connectivity index (χ0n) is 14.5. The lowest BCUT2D eigenvalue weighted by Crippen LogP contribution is -2.30. The topological polar surface area (TPSA) is 71.4 Å². The molecule has 0 aliphatic carbocycles. The van der Waals surface area contributed by atoms with E-state index in [2.05, 4.69) is 9.62 Å². The molecule has 1 fully saturated rings. The first kappa shape index (κ1) is 18.6. The number of aromatic nitrogens is 1. The summed E-state index contributed by atoms with van der Waals surface area (Å²) >= 11 is 1.07. The van der Waals surface area contributed by atoms with Crippen molar-refractivity contribution in [2.45, 2.75) is 37.0 Å². The Labute approximate surface area is 152 Å². The van der Waals surface area contributed by atoms with Crippen LogP contribution in [0.4, 0.5) is 0 Å². The highest BCUT2D eigenvalue weighted by Crippen LogP contribution is 2.21. The molecular weight excluding hydrogens is 358 g/mol. The van der Waals surface area contributed by atoms with Crippen molar-refractivity contribution in [3.05, 3.63) is 27.9 Å². The second-order valence-corrected chi connectivity index (χ2v) is 9.32. The van der Waals surface area contributed by atoms with Gasteiger partial charge in [-0.15, -0.1) is 0 Å². The van der Waals surface area contributed by atoms with Gasteiger partial charge in [0.1, 0.15) is 0 Å². The first-order chi connectivity index (χ1) is 12.0. The van der Waals surface area contributed by atoms with Crippen LogP contribution < -0.4 is 9.60 Å². The standard InChI is InChI=1S/C17H25N3O3S2/c1-19-15-8-7-14(13-16(15)24-17(19)21)25(22,23)18-9-6-12-20-10-4-2-3-5-11-20/h7-8,13,18H,2-6,9-12H2,1H3. The fraction of sp³-hybridized carbons (Fsp3) is 0.588. The molecule has 1 aliphatic rings. The Hall–Kier alpha value is -1.22. The highest BCUT2D eigenvalue weighted by atomic mass is 32.2. The molecule has 25 heavy (non-hydrogen) atoms. The number of benzene rings is 1. The van der Waals surface area contributed by atoms with Crippen LogP contribution in [0.2, 0.25) is 0 Å². The zero-order valence-corrected chi connectivity index (χ0v) is 16.2. The average molecular weight is 384 g/mol. The zero-order chi connectivity index (χ0) is 17.9. The summed E-state index contributed by atoms with van der Waals surface area (Å²) in [5.74, 6) is 0. The van der Waals surface area contributed by atoms with Gasteiger partial charge in [-0.3, -0.25) is 4.79 Å². The Morgan fingerprint density at radius 1 is 1.16 bits per heavy atom. The van der Waals surface area contributed by atoms with Gasteiger partial charge < -0.3 is 9.47 Å². The molecule has 0 radical (unpaired) electrons. The van der Waals surface area contributed by atoms with Crippen LogP contribution in [0, 0.1) is 0 Å². The quantitative estimate of drug-likeness (QED) is 0.776. The summed E-state index contributed by atoms with van der Waals surface area (Å²) in [4.78, 5) is 14.3. The van der Waals surface area contributed by atoms with E-state index < -0.39 is 10.0 Å². The summed E-state index contributed by atoms with van der Waals surface area (Å²) in [6.45, 7) is 3.61. The third-order valence-corrected chi connectivity index (χ3v) is 7.17. The molecule has 0 bridgehead atoms. The summed E-state index contributed by atoms with van der Waals surface area (Å²) < 4.78 is 29.8. The van der Waals surface area contributed by atoms with Crippen LogP contribution >= 0.6 is 11.3 Å². The highest BCUT2D eigenvalue weighted by Gasteiger charge is 2.16. The van der Waals surface area contributed by atoms with Crippen molar-refractivity contribution in [1.29, 1.82) is 0 Å². The van der Waals surface area contributed by atoms with Crippen molar-refractivity contribution in [3.8, 4) is 0 Å². The maximum atomic E-state index is 12.5. The van der Waals surface area contributed by atoms with E-state index in [1.165, 1.54) is 30.3 Å². The number of thiazole rings is 1. The van der Waals surface area contributed by atoms with Gasteiger partial charge in [-0.1, -0.05) is 24.2 Å². The summed E-state index contributed by atoms with van der Waals surface area (Å²) in [6.07, 6.45) is 5.89. The summed E-state index contributed by atoms with van der Waals surface area (Å²) in [5, 5.41) is 0. The van der Waals surface area contributed by atoms with Gasteiger partial charge in [-0.25, -0.2) is 13.1 Å². The molecule has 1 aromatic heterocycles. The molecular formula is C17H25N3O3S2. The van der Waals surface area contributed by atoms with Crippen LogP contribution in [-0.4, -0.2) is 44.1 Å². The fourth-order valence-corrected chi connectivity index (χ4v) is 5.33. The van der Waals surface area contributed by atoms with Gasteiger partial charge in [-0.05, 0) is 57.1 Å². The molecule has 0 unspecified atom stereocenters. The summed E-state index contributed by atoms with van der Waals surface area (Å²) in [5.41, 5.74) is 0.759. The normalized spacial score (nSPS) is 17.0. The second kappa shape index (κ2) is 7.99. The molecule has 0 atom stereocenters. The molecule has 1 aliphatic heterocycles. The van der Waals surface area contributed by atoms with Gasteiger partial charge in [-0.2, -0.15) is 0 Å². The van der Waals surface area contributed by atoms with Gasteiger partial charge in [0.05, 0.1) is 15.1 Å². The first-order valence-electron chi connectivity index (χ1n) is 8.79. The van der Waals surface area contributed by atoms with Crippen molar-refractivity contribution in [2.24, 2.45) is 7.05 Å². The van der Waals surface area contributed by atoms with E-state index >= 15 is 0 Å². The SMILES string of the molecule is Cn1c(=O)sc2cc(S(=O)(=O)NCCCN3CCCCCC3)ccc21. The van der Waals surface area contributed by atoms with Crippen molar-refractivity contribution < 1.29 is 8.42 Å². The molecule has 0 saturated carbocycles. The predicted octanol–water partition coefficient (Wildman–Crippen LogP) is 2.14. The number of nitrogens with one attached hydrogen (secondary N) is 1. The monoisotopic (exact) mass is 383 g/mol. The minimum atomic E-state index is -3.54. The van der Waals surface area contributed by atoms with Gasteiger partial charge in [0.2, 0.25) is 10.0 Å². The Morgan fingerprint density at radius 2 is 1.88 bits per heavy atom. The molecule has 138 valence electrons. The number of fused-ring (bicyclic) bond motifs is 1. The van der Waals surface area contributed by atoms with Crippen LogP contribution in [0.1, 0.15) is 32.1 Å². The Morgan fingerprint density at radius 3 is 2.60 bits per heavy atom. The van der Waals surface area contributed by atoms with E-state index in [-0.39, 0.29) is 9.77 Å². The Balaban J connectivity index is 1.59. The molecule has 0 spiro atoms. The maximum absolute atomic E-state index is 12.5. The Bertz CT molecular complexity index is 878. The predicted molar refractivity (Wildman–Crippen MR) is 102 cm³/mol. The molecule has 2 aromatic rings. The number of nitrogens with zero attached hydrogens (tertiary/aromatic N) is 2. The van der Waals surface area contributed by atoms with Crippen LogP contribution in [-0.2, 0) is 17.1 Å². The lowest BCUT2D eigenvalue weighted by atomic mass is 10.2. The minimum Gasteiger partial charge on any atom is -0.303 e. The largest absolute Gasteiger partial charge is 0.307 e. The third-order valence-electron chi connectivity index (χ3n) is 4.72. The van der Waals surface area contributed by atoms with E-state index in [1.807, 2.05) is 0 Å². The number of rotatable bonds is 6. The van der Waals surface area contributed by atoms with E-state index in [4.69, 9.17) is 0 Å². The number of hydrogen-bond donors (Lipinski definition) is 1. The van der Waals surface area contributed by atoms with E-state index in [1.54, 1.807) is 25.2 Å². The second-order valence-electron chi connectivity index (χ2n) is 6.56. The number of hydrogen-bond acceptors (Lipinski definition) is 5. The van der Waals surface area contributed by atoms with Crippen molar-refractivity contribution in [2.75, 3.05) is 26.2 Å². The average Bonchev–Trinajstić information content (AvgIpc) is 2.77. The van der Waals surface area contributed by atoms with Crippen LogP contribution in [0.25, 0.3) is 10.2 Å². The lowest BCUT2D eigenvalue weighted by molar-refractivity contribution is 0.282. The molecule has 1 N–H and O–H groups in total. The van der Waals surface area contributed by atoms with Crippen molar-refractivity contribution in [1.82, 2.24) is 14.2 Å². The first-order valence-corrected chi connectivity index (χ1v) is 11.1. The molecule has 1 saturated heterocycles. The van der Waals surface area contributed by atoms with Crippen molar-refractivity contribution in [3.63, 3.8) is 0 Å². The summed E-state index contributed by atoms with van der Waals surface area (Å²) in [6, 6.07) is 4.84. The third kappa shape index (κ3) is 4.49. The number of likely N-dealkylation sites (tertiary alicyclic amines) is 1. The van der Waals surface area contributed by atoms with Gasteiger partial charge in [0.15, 0.2) is 0 Å². The van der Waals surface area contributed by atoms with Crippen molar-refractivity contribution >= 4 is 31.6 Å². The molecule has 3 rings (SSSR count). The van der Waals surface area contributed by atoms with Gasteiger partial charge >= 0.3 is 4.87 Å². The highest BCUT2D eigenvalue weighted by molar-refractivity contribution is 7.89. The smallest absolute Gasteiger partial charge is 0.303 e. The van der Waals surface area contributed by atoms with Gasteiger partial charge in [0.25, 0.3) is 0 Å². The molecule has 6 nitrogen and oxygen atoms in total. The van der Waals surface area contributed by atoms with E-state index in [0.717, 1.165) is 42.9 Å². The summed E-state index contributed by atoms with van der Waals surface area (Å²) in [7, 11) is -1.85. The van der Waals surface area contributed by atoms with Gasteiger partial charge in [0, 0.05) is 13.6 Å². The molecule has 2 heterocycles. The lowest BCUT2D eigenvalue weighted by Gasteiger charge is -2.19. The Kier molecular flexibility index (Phi) is 5.93. The molecule has 0 amide bonds. The minimum absolute atomic E-state index is 0.0880. The number of sulfonamides is 1. The molecule has 8 heteroatoms. The van der Waals surface area contributed by atoms with Crippen LogP contribution in [0.15, 0.2) is 27.9 Å². The van der Waals surface area contributed by atoms with Crippen LogP contribution in [0.3, 0.4) is 0 Å². The number of aryl methyl sites for hydroxylation is 1.